The summed E-state index contributed by atoms with van der Waals surface area (Å²) in [5.74, 6) is -0.487. The number of nitrogens with zero attached hydrogens (tertiary/aromatic N) is 6. The fraction of sp³-hybridized carbons (Fsp3) is 0.308. The van der Waals surface area contributed by atoms with Gasteiger partial charge in [-0.05, 0) is 31.0 Å². The second-order valence-corrected chi connectivity index (χ2v) is 11.1. The molecule has 0 atom stereocenters. The van der Waals surface area contributed by atoms with Crippen molar-refractivity contribution in [2.24, 2.45) is 0 Å². The molecule has 6 heterocycles. The molecule has 0 spiro atoms. The van der Waals surface area contributed by atoms with E-state index < -0.39 is 0 Å². The zero-order chi connectivity index (χ0) is 25.1. The Hall–Kier alpha value is -3.34. The summed E-state index contributed by atoms with van der Waals surface area (Å²) in [5.41, 5.74) is 2.68. The third-order valence-corrected chi connectivity index (χ3v) is 9.20. The molecule has 1 aromatic carbocycles. The monoisotopic (exact) mass is 535 g/mol. The van der Waals surface area contributed by atoms with Gasteiger partial charge in [-0.1, -0.05) is 17.7 Å². The van der Waals surface area contributed by atoms with E-state index in [4.69, 9.17) is 11.6 Å². The lowest BCUT2D eigenvalue weighted by Gasteiger charge is -2.47. The molecule has 0 bridgehead atoms. The summed E-state index contributed by atoms with van der Waals surface area (Å²) < 4.78 is 17.0. The SMILES string of the molecule is O=C(c1sc2cccc(F)c2c1Cl)N1CCC(N2CC(n3cc(-c4ncnc5[nH]ccc45)cn3)C2)CC1. The first-order valence-electron chi connectivity index (χ1n) is 12.3. The highest BCUT2D eigenvalue weighted by Crippen LogP contribution is 2.38. The van der Waals surface area contributed by atoms with Crippen LogP contribution in [-0.4, -0.2) is 72.7 Å². The Morgan fingerprint density at radius 1 is 1.14 bits per heavy atom. The molecule has 11 heteroatoms. The van der Waals surface area contributed by atoms with E-state index in [9.17, 15) is 9.18 Å². The number of likely N-dealkylation sites (tertiary alicyclic amines) is 2. The Balaban J connectivity index is 0.973. The van der Waals surface area contributed by atoms with Crippen LogP contribution in [0, 0.1) is 5.82 Å². The third-order valence-electron chi connectivity index (χ3n) is 7.56. The molecule has 0 saturated carbocycles. The highest BCUT2D eigenvalue weighted by Gasteiger charge is 2.37. The molecule has 1 N–H and O–H groups in total. The maximum absolute atomic E-state index is 14.2. The van der Waals surface area contributed by atoms with Crippen LogP contribution in [0.2, 0.25) is 5.02 Å². The van der Waals surface area contributed by atoms with Crippen molar-refractivity contribution in [3.63, 3.8) is 0 Å². The minimum Gasteiger partial charge on any atom is -0.346 e. The molecule has 0 unspecified atom stereocenters. The van der Waals surface area contributed by atoms with Gasteiger partial charge in [0.1, 0.15) is 22.7 Å². The molecule has 0 aliphatic carbocycles. The number of H-pyrrole nitrogens is 1. The molecule has 7 rings (SSSR count). The van der Waals surface area contributed by atoms with E-state index in [1.165, 1.54) is 17.4 Å². The molecular weight excluding hydrogens is 513 g/mol. The first-order chi connectivity index (χ1) is 18.1. The molecule has 2 aliphatic rings. The van der Waals surface area contributed by atoms with Crippen LogP contribution in [-0.2, 0) is 0 Å². The Bertz CT molecular complexity index is 1630. The van der Waals surface area contributed by atoms with E-state index in [2.05, 4.69) is 31.1 Å². The molecule has 0 radical (unpaired) electrons. The molecule has 37 heavy (non-hydrogen) atoms. The Morgan fingerprint density at radius 3 is 2.78 bits per heavy atom. The number of amides is 1. The summed E-state index contributed by atoms with van der Waals surface area (Å²) in [6.45, 7) is 3.21. The number of hydrogen-bond donors (Lipinski definition) is 1. The molecule has 2 fully saturated rings. The molecule has 8 nitrogen and oxygen atoms in total. The third kappa shape index (κ3) is 3.82. The fourth-order valence-electron chi connectivity index (χ4n) is 5.50. The second kappa shape index (κ2) is 8.90. The molecule has 2 saturated heterocycles. The lowest BCUT2D eigenvalue weighted by Crippen LogP contribution is -2.56. The number of rotatable bonds is 4. The minimum absolute atomic E-state index is 0.101. The van der Waals surface area contributed by atoms with Gasteiger partial charge in [0.2, 0.25) is 0 Å². The summed E-state index contributed by atoms with van der Waals surface area (Å²) in [6.07, 6.45) is 9.19. The van der Waals surface area contributed by atoms with Crippen LogP contribution in [0.4, 0.5) is 4.39 Å². The standard InChI is InChI=1S/C26H23ClFN7OS/c27-22-21-19(28)2-1-3-20(21)37-24(22)26(36)33-8-5-16(6-9-33)34-12-17(13-34)35-11-15(10-32-35)23-18-4-7-29-25(18)31-14-30-23/h1-4,7,10-11,14,16-17H,5-6,8-9,12-13H2,(H,29,30,31). The summed E-state index contributed by atoms with van der Waals surface area (Å²) in [4.78, 5) is 29.8. The van der Waals surface area contributed by atoms with Crippen LogP contribution in [0.15, 0.2) is 49.2 Å². The smallest absolute Gasteiger partial charge is 0.265 e. The molecule has 5 aromatic rings. The molecule has 188 valence electrons. The van der Waals surface area contributed by atoms with Gasteiger partial charge in [0.15, 0.2) is 0 Å². The van der Waals surface area contributed by atoms with Crippen LogP contribution in [0.1, 0.15) is 28.6 Å². The normalized spacial score (nSPS) is 17.6. The zero-order valence-electron chi connectivity index (χ0n) is 19.8. The number of thiophene rings is 1. The average Bonchev–Trinajstić information content (AvgIpc) is 3.62. The van der Waals surface area contributed by atoms with E-state index in [-0.39, 0.29) is 16.7 Å². The van der Waals surface area contributed by atoms with Gasteiger partial charge in [0.05, 0.1) is 23.0 Å². The Labute approximate surface area is 220 Å². The summed E-state index contributed by atoms with van der Waals surface area (Å²) in [6, 6.07) is 7.57. The number of hydrogen-bond acceptors (Lipinski definition) is 6. The van der Waals surface area contributed by atoms with Gasteiger partial charge in [-0.2, -0.15) is 5.10 Å². The van der Waals surface area contributed by atoms with Crippen LogP contribution in [0.3, 0.4) is 0 Å². The van der Waals surface area contributed by atoms with E-state index in [0.29, 0.717) is 40.1 Å². The van der Waals surface area contributed by atoms with Crippen molar-refractivity contribution >= 4 is 50.0 Å². The second-order valence-electron chi connectivity index (χ2n) is 9.66. The summed E-state index contributed by atoms with van der Waals surface area (Å²) >= 11 is 7.69. The first-order valence-corrected chi connectivity index (χ1v) is 13.5. The van der Waals surface area contributed by atoms with Crippen molar-refractivity contribution in [1.82, 2.24) is 34.5 Å². The number of piperidine rings is 1. The van der Waals surface area contributed by atoms with E-state index >= 15 is 0 Å². The van der Waals surface area contributed by atoms with Crippen molar-refractivity contribution in [2.75, 3.05) is 26.2 Å². The van der Waals surface area contributed by atoms with Gasteiger partial charge in [-0.25, -0.2) is 14.4 Å². The van der Waals surface area contributed by atoms with Gasteiger partial charge in [-0.15, -0.1) is 11.3 Å². The van der Waals surface area contributed by atoms with Crippen molar-refractivity contribution in [3.8, 4) is 11.3 Å². The van der Waals surface area contributed by atoms with E-state index in [1.54, 1.807) is 18.5 Å². The van der Waals surface area contributed by atoms with E-state index in [0.717, 1.165) is 48.2 Å². The predicted octanol–water partition coefficient (Wildman–Crippen LogP) is 4.99. The van der Waals surface area contributed by atoms with Gasteiger partial charge in [0.25, 0.3) is 5.91 Å². The van der Waals surface area contributed by atoms with Crippen molar-refractivity contribution in [2.45, 2.75) is 24.9 Å². The van der Waals surface area contributed by atoms with Crippen LogP contribution in [0.5, 0.6) is 0 Å². The van der Waals surface area contributed by atoms with Gasteiger partial charge < -0.3 is 9.88 Å². The lowest BCUT2D eigenvalue weighted by atomic mass is 9.97. The van der Waals surface area contributed by atoms with Crippen LogP contribution in [0.25, 0.3) is 32.4 Å². The quantitative estimate of drug-likeness (QED) is 0.350. The van der Waals surface area contributed by atoms with Crippen molar-refractivity contribution < 1.29 is 9.18 Å². The topological polar surface area (TPSA) is 82.9 Å². The van der Waals surface area contributed by atoms with Crippen LogP contribution >= 0.6 is 22.9 Å². The average molecular weight is 536 g/mol. The number of halogens is 2. The van der Waals surface area contributed by atoms with Gasteiger partial charge >= 0.3 is 0 Å². The van der Waals surface area contributed by atoms with Gasteiger partial charge in [-0.3, -0.25) is 14.4 Å². The minimum atomic E-state index is -0.386. The number of carbonyl (C=O) groups is 1. The molecular formula is C26H23ClFN7OS. The highest BCUT2D eigenvalue weighted by atomic mass is 35.5. The van der Waals surface area contributed by atoms with Crippen LogP contribution < -0.4 is 0 Å². The molecule has 2 aliphatic heterocycles. The van der Waals surface area contributed by atoms with Gasteiger partial charge in [0, 0.05) is 65.7 Å². The largest absolute Gasteiger partial charge is 0.346 e. The maximum Gasteiger partial charge on any atom is 0.265 e. The van der Waals surface area contributed by atoms with E-state index in [1.807, 2.05) is 28.0 Å². The number of nitrogens with one attached hydrogen (secondary N) is 1. The number of aromatic nitrogens is 5. The predicted molar refractivity (Wildman–Crippen MR) is 141 cm³/mol. The number of fused-ring (bicyclic) bond motifs is 2. The number of aromatic amines is 1. The zero-order valence-corrected chi connectivity index (χ0v) is 21.3. The summed E-state index contributed by atoms with van der Waals surface area (Å²) in [7, 11) is 0. The van der Waals surface area contributed by atoms with Crippen molar-refractivity contribution in [1.29, 1.82) is 0 Å². The fourth-order valence-corrected chi connectivity index (χ4v) is 7.02. The highest BCUT2D eigenvalue weighted by molar-refractivity contribution is 7.21. The Morgan fingerprint density at radius 2 is 1.97 bits per heavy atom. The summed E-state index contributed by atoms with van der Waals surface area (Å²) in [5, 5.41) is 6.18. The molecule has 4 aromatic heterocycles. The van der Waals surface area contributed by atoms with Crippen molar-refractivity contribution in [3.05, 3.63) is 64.9 Å². The maximum atomic E-state index is 14.2. The number of carbonyl (C=O) groups excluding carboxylic acids is 1. The molecule has 1 amide bonds. The Kier molecular flexibility index (Phi) is 5.49. The lowest BCUT2D eigenvalue weighted by molar-refractivity contribution is 0.0199. The number of benzene rings is 1. The first kappa shape index (κ1) is 22.8.